The quantitative estimate of drug-likeness (QED) is 0.416. The maximum atomic E-state index is 11.5. The molecule has 1 aliphatic rings. The van der Waals surface area contributed by atoms with E-state index in [2.05, 4.69) is 15.6 Å². The van der Waals surface area contributed by atoms with Crippen molar-refractivity contribution in [3.63, 3.8) is 0 Å². The van der Waals surface area contributed by atoms with Gasteiger partial charge in [0.1, 0.15) is 11.5 Å². The average Bonchev–Trinajstić information content (AvgIpc) is 2.95. The molecule has 2 aromatic carbocycles. The smallest absolute Gasteiger partial charge is 0.324 e. The number of imide groups is 1. The van der Waals surface area contributed by atoms with Crippen LogP contribution in [0.5, 0.6) is 11.5 Å². The van der Waals surface area contributed by atoms with E-state index < -0.39 is 6.03 Å². The number of hydrogen-bond acceptors (Lipinski definition) is 4. The number of nitrogens with one attached hydrogen (secondary N) is 2. The minimum absolute atomic E-state index is 0.0322. The molecule has 134 valence electrons. The fourth-order valence-electron chi connectivity index (χ4n) is 2.40. The lowest BCUT2D eigenvalue weighted by molar-refractivity contribution is -0.124. The van der Waals surface area contributed by atoms with Gasteiger partial charge in [-0.3, -0.25) is 14.7 Å². The Hall–Kier alpha value is -3.55. The van der Waals surface area contributed by atoms with Crippen molar-refractivity contribution >= 4 is 23.6 Å². The third-order valence-corrected chi connectivity index (χ3v) is 3.63. The zero-order valence-electron chi connectivity index (χ0n) is 14.0. The molecule has 1 heterocycles. The van der Waals surface area contributed by atoms with Gasteiger partial charge < -0.3 is 21.1 Å². The molecule has 1 aliphatic heterocycles. The molecule has 0 unspecified atom stereocenters. The number of nitrogens with two attached hydrogens (primary N) is 1. The van der Waals surface area contributed by atoms with Gasteiger partial charge in [-0.05, 0) is 24.3 Å². The first-order valence-electron chi connectivity index (χ1n) is 8.10. The number of rotatable bonds is 6. The molecule has 3 rings (SSSR count). The molecule has 0 aliphatic carbocycles. The molecule has 8 heteroatoms. The van der Waals surface area contributed by atoms with E-state index in [1.807, 2.05) is 48.5 Å². The summed E-state index contributed by atoms with van der Waals surface area (Å²) in [6.07, 6.45) is 0. The fourth-order valence-corrected chi connectivity index (χ4v) is 2.40. The minimum Gasteiger partial charge on any atom is -0.457 e. The molecule has 0 bridgehead atoms. The van der Waals surface area contributed by atoms with Crippen molar-refractivity contribution in [2.24, 2.45) is 10.7 Å². The summed E-state index contributed by atoms with van der Waals surface area (Å²) in [7, 11) is 0. The molecule has 3 amide bonds. The minimum atomic E-state index is -0.400. The number of anilines is 1. The van der Waals surface area contributed by atoms with Crippen LogP contribution in [0.1, 0.15) is 0 Å². The monoisotopic (exact) mass is 353 g/mol. The van der Waals surface area contributed by atoms with E-state index in [4.69, 9.17) is 10.5 Å². The van der Waals surface area contributed by atoms with Gasteiger partial charge in [0.25, 0.3) is 0 Å². The third-order valence-electron chi connectivity index (χ3n) is 3.63. The number of benzene rings is 2. The standard InChI is InChI=1S/C18H19N5O3/c19-17(20-9-10-23-16(24)12-21-18(23)25)22-13-5-4-8-15(11-13)26-14-6-2-1-3-7-14/h1-8,11H,9-10,12H2,(H,21,25)(H3,19,20,22). The number of carbonyl (C=O) groups is 2. The zero-order chi connectivity index (χ0) is 18.4. The maximum Gasteiger partial charge on any atom is 0.324 e. The van der Waals surface area contributed by atoms with Gasteiger partial charge in [-0.25, -0.2) is 4.79 Å². The Morgan fingerprint density at radius 1 is 1.15 bits per heavy atom. The number of guanidine groups is 1. The number of ether oxygens (including phenoxy) is 1. The van der Waals surface area contributed by atoms with Gasteiger partial charge in [-0.2, -0.15) is 0 Å². The first kappa shape index (κ1) is 17.3. The fraction of sp³-hybridized carbons (Fsp3) is 0.167. The molecule has 2 aromatic rings. The van der Waals surface area contributed by atoms with E-state index in [0.29, 0.717) is 5.75 Å². The highest BCUT2D eigenvalue weighted by atomic mass is 16.5. The Kier molecular flexibility index (Phi) is 5.33. The maximum absolute atomic E-state index is 11.5. The van der Waals surface area contributed by atoms with Crippen LogP contribution >= 0.6 is 0 Å². The van der Waals surface area contributed by atoms with Crippen molar-refractivity contribution in [3.8, 4) is 11.5 Å². The molecule has 8 nitrogen and oxygen atoms in total. The Morgan fingerprint density at radius 2 is 1.92 bits per heavy atom. The molecule has 4 N–H and O–H groups in total. The predicted octanol–water partition coefficient (Wildman–Crippen LogP) is 1.76. The summed E-state index contributed by atoms with van der Waals surface area (Å²) in [5.74, 6) is 1.32. The highest BCUT2D eigenvalue weighted by Gasteiger charge is 2.27. The number of aliphatic imine (C=N–C) groups is 1. The number of amides is 3. The largest absolute Gasteiger partial charge is 0.457 e. The van der Waals surface area contributed by atoms with Crippen molar-refractivity contribution in [1.29, 1.82) is 0 Å². The van der Waals surface area contributed by atoms with Crippen molar-refractivity contribution in [2.75, 3.05) is 25.0 Å². The van der Waals surface area contributed by atoms with Crippen LogP contribution in [0, 0.1) is 0 Å². The number of para-hydroxylation sites is 1. The van der Waals surface area contributed by atoms with Crippen LogP contribution in [0.3, 0.4) is 0 Å². The summed E-state index contributed by atoms with van der Waals surface area (Å²) >= 11 is 0. The van der Waals surface area contributed by atoms with Gasteiger partial charge in [0.2, 0.25) is 5.91 Å². The number of urea groups is 1. The van der Waals surface area contributed by atoms with Crippen LogP contribution in [0.25, 0.3) is 0 Å². The van der Waals surface area contributed by atoms with Crippen molar-refractivity contribution in [3.05, 3.63) is 54.6 Å². The van der Waals surface area contributed by atoms with Crippen LogP contribution in [0.2, 0.25) is 0 Å². The van der Waals surface area contributed by atoms with Gasteiger partial charge in [0.05, 0.1) is 19.6 Å². The summed E-state index contributed by atoms with van der Waals surface area (Å²) in [6.45, 7) is 0.437. The first-order chi connectivity index (χ1) is 12.6. The Bertz CT molecular complexity index is 807. The molecule has 0 radical (unpaired) electrons. The van der Waals surface area contributed by atoms with Gasteiger partial charge >= 0.3 is 6.03 Å². The molecule has 0 aromatic heterocycles. The van der Waals surface area contributed by atoms with E-state index in [1.165, 1.54) is 0 Å². The van der Waals surface area contributed by atoms with Gasteiger partial charge in [-0.1, -0.05) is 24.3 Å². The van der Waals surface area contributed by atoms with Crippen molar-refractivity contribution in [1.82, 2.24) is 10.2 Å². The lowest BCUT2D eigenvalue weighted by Gasteiger charge is -2.11. The normalized spacial score (nSPS) is 14.3. The van der Waals surface area contributed by atoms with Crippen molar-refractivity contribution < 1.29 is 14.3 Å². The lowest BCUT2D eigenvalue weighted by Crippen LogP contribution is -2.34. The summed E-state index contributed by atoms with van der Waals surface area (Å²) < 4.78 is 5.76. The van der Waals surface area contributed by atoms with Gasteiger partial charge in [0.15, 0.2) is 5.96 Å². The van der Waals surface area contributed by atoms with Crippen LogP contribution in [-0.4, -0.2) is 42.4 Å². The van der Waals surface area contributed by atoms with Crippen LogP contribution < -0.4 is 21.1 Å². The van der Waals surface area contributed by atoms with E-state index in [-0.39, 0.29) is 31.5 Å². The molecule has 26 heavy (non-hydrogen) atoms. The number of nitrogens with zero attached hydrogens (tertiary/aromatic N) is 2. The highest BCUT2D eigenvalue weighted by Crippen LogP contribution is 2.23. The third kappa shape index (κ3) is 4.50. The number of carbonyl (C=O) groups excluding carboxylic acids is 2. The predicted molar refractivity (Wildman–Crippen MR) is 98.2 cm³/mol. The second-order valence-corrected chi connectivity index (χ2v) is 5.54. The van der Waals surface area contributed by atoms with Crippen LogP contribution in [-0.2, 0) is 4.79 Å². The number of hydrogen-bond donors (Lipinski definition) is 3. The summed E-state index contributed by atoms with van der Waals surface area (Å²) in [4.78, 5) is 28.1. The average molecular weight is 353 g/mol. The van der Waals surface area contributed by atoms with Gasteiger partial charge in [0, 0.05) is 11.8 Å². The molecular formula is C18H19N5O3. The molecular weight excluding hydrogens is 334 g/mol. The van der Waals surface area contributed by atoms with Crippen LogP contribution in [0.15, 0.2) is 59.6 Å². The molecule has 1 fully saturated rings. The molecule has 1 saturated heterocycles. The van der Waals surface area contributed by atoms with E-state index in [1.54, 1.807) is 6.07 Å². The van der Waals surface area contributed by atoms with E-state index >= 15 is 0 Å². The lowest BCUT2D eigenvalue weighted by atomic mass is 10.3. The van der Waals surface area contributed by atoms with E-state index in [9.17, 15) is 9.59 Å². The van der Waals surface area contributed by atoms with Crippen molar-refractivity contribution in [2.45, 2.75) is 0 Å². The topological polar surface area (TPSA) is 109 Å². The van der Waals surface area contributed by atoms with Gasteiger partial charge in [-0.15, -0.1) is 0 Å². The Morgan fingerprint density at radius 3 is 2.65 bits per heavy atom. The first-order valence-corrected chi connectivity index (χ1v) is 8.10. The summed E-state index contributed by atoms with van der Waals surface area (Å²) in [5.41, 5.74) is 6.57. The Balaban J connectivity index is 1.55. The SMILES string of the molecule is NC(=NCCN1C(=O)CNC1=O)Nc1cccc(Oc2ccccc2)c1. The second-order valence-electron chi connectivity index (χ2n) is 5.54. The summed E-state index contributed by atoms with van der Waals surface area (Å²) in [6, 6.07) is 16.3. The molecule has 0 atom stereocenters. The zero-order valence-corrected chi connectivity index (χ0v) is 14.0. The van der Waals surface area contributed by atoms with E-state index in [0.717, 1.165) is 16.3 Å². The Labute approximate surface area is 150 Å². The van der Waals surface area contributed by atoms with Crippen LogP contribution in [0.4, 0.5) is 10.5 Å². The second kappa shape index (κ2) is 8.02. The molecule has 0 spiro atoms. The highest BCUT2D eigenvalue weighted by molar-refractivity contribution is 6.02. The molecule has 0 saturated carbocycles. The summed E-state index contributed by atoms with van der Waals surface area (Å²) in [5, 5.41) is 5.41.